The van der Waals surface area contributed by atoms with E-state index in [0.29, 0.717) is 22.0 Å². The molecule has 3 rings (SSSR count). The van der Waals surface area contributed by atoms with Crippen molar-refractivity contribution in [3.8, 4) is 22.8 Å². The third-order valence-electron chi connectivity index (χ3n) is 4.63. The van der Waals surface area contributed by atoms with E-state index in [-0.39, 0.29) is 24.1 Å². The molecule has 0 atom stereocenters. The van der Waals surface area contributed by atoms with Gasteiger partial charge in [0.25, 0.3) is 5.91 Å². The molecule has 0 radical (unpaired) electrons. The highest BCUT2D eigenvalue weighted by atomic mass is 35.5. The predicted molar refractivity (Wildman–Crippen MR) is 119 cm³/mol. The van der Waals surface area contributed by atoms with Crippen LogP contribution in [0.3, 0.4) is 0 Å². The number of carbonyl (C=O) groups is 2. The van der Waals surface area contributed by atoms with Crippen LogP contribution < -0.4 is 14.8 Å². The minimum atomic E-state index is -3.84. The van der Waals surface area contributed by atoms with Crippen molar-refractivity contribution >= 4 is 29.2 Å². The van der Waals surface area contributed by atoms with Gasteiger partial charge in [-0.2, -0.15) is 13.9 Å². The van der Waals surface area contributed by atoms with Gasteiger partial charge < -0.3 is 19.7 Å². The van der Waals surface area contributed by atoms with E-state index >= 15 is 0 Å². The quantitative estimate of drug-likeness (QED) is 0.511. The predicted octanol–water partition coefficient (Wildman–Crippen LogP) is 3.94. The molecule has 0 aliphatic heterocycles. The van der Waals surface area contributed by atoms with Crippen LogP contribution in [-0.4, -0.2) is 54.7 Å². The molecular weight excluding hydrogens is 458 g/mol. The lowest BCUT2D eigenvalue weighted by Gasteiger charge is -2.16. The number of likely N-dealkylation sites (N-methyl/N-ethyl adjacent to an activating group) is 1. The number of aromatic amines is 1. The summed E-state index contributed by atoms with van der Waals surface area (Å²) in [5.74, 6) is -5.07. The highest BCUT2D eigenvalue weighted by Gasteiger charge is 2.41. The summed E-state index contributed by atoms with van der Waals surface area (Å²) in [6.45, 7) is -0.234. The normalized spacial score (nSPS) is 11.1. The lowest BCUT2D eigenvalue weighted by molar-refractivity contribution is -0.141. The molecule has 2 amide bonds. The van der Waals surface area contributed by atoms with Crippen LogP contribution in [0.1, 0.15) is 5.56 Å². The SMILES string of the molecule is COc1ccc(Cl)cc1-c1cc(NC(=O)C(F)(F)c2ccc(OCC(=O)N(C)C)cc2)n[nH]1. The molecule has 3 aromatic rings. The van der Waals surface area contributed by atoms with Crippen molar-refractivity contribution in [3.63, 3.8) is 0 Å². The lowest BCUT2D eigenvalue weighted by atomic mass is 10.1. The Balaban J connectivity index is 1.70. The van der Waals surface area contributed by atoms with Gasteiger partial charge in [-0.25, -0.2) is 0 Å². The zero-order valence-electron chi connectivity index (χ0n) is 18.0. The number of benzene rings is 2. The van der Waals surface area contributed by atoms with Crippen LogP contribution in [0.2, 0.25) is 5.02 Å². The van der Waals surface area contributed by atoms with Gasteiger partial charge in [-0.05, 0) is 42.5 Å². The molecule has 0 spiro atoms. The summed E-state index contributed by atoms with van der Waals surface area (Å²) in [6, 6.07) is 10.9. The van der Waals surface area contributed by atoms with Crippen molar-refractivity contribution in [1.82, 2.24) is 15.1 Å². The number of methoxy groups -OCH3 is 1. The van der Waals surface area contributed by atoms with Crippen LogP contribution in [0.5, 0.6) is 11.5 Å². The highest BCUT2D eigenvalue weighted by molar-refractivity contribution is 6.31. The van der Waals surface area contributed by atoms with Gasteiger partial charge >= 0.3 is 11.8 Å². The smallest absolute Gasteiger partial charge is 0.350 e. The molecule has 0 aliphatic carbocycles. The third-order valence-corrected chi connectivity index (χ3v) is 4.87. The van der Waals surface area contributed by atoms with Gasteiger partial charge in [0.05, 0.1) is 12.8 Å². The lowest BCUT2D eigenvalue weighted by Crippen LogP contribution is -2.32. The fourth-order valence-corrected chi connectivity index (χ4v) is 2.95. The van der Waals surface area contributed by atoms with Crippen LogP contribution in [0.15, 0.2) is 48.5 Å². The Bertz CT molecular complexity index is 1150. The Morgan fingerprint density at radius 1 is 1.15 bits per heavy atom. The van der Waals surface area contributed by atoms with E-state index < -0.39 is 17.4 Å². The maximum absolute atomic E-state index is 14.7. The number of amides is 2. The molecule has 33 heavy (non-hydrogen) atoms. The zero-order chi connectivity index (χ0) is 24.2. The number of nitrogens with one attached hydrogen (secondary N) is 2. The summed E-state index contributed by atoms with van der Waals surface area (Å²) in [6.07, 6.45) is 0. The summed E-state index contributed by atoms with van der Waals surface area (Å²) in [4.78, 5) is 25.2. The molecule has 11 heteroatoms. The molecule has 0 fully saturated rings. The van der Waals surface area contributed by atoms with E-state index in [4.69, 9.17) is 21.1 Å². The minimum Gasteiger partial charge on any atom is -0.496 e. The summed E-state index contributed by atoms with van der Waals surface area (Å²) >= 11 is 6.02. The molecule has 1 aromatic heterocycles. The summed E-state index contributed by atoms with van der Waals surface area (Å²) in [7, 11) is 4.62. The van der Waals surface area contributed by atoms with E-state index in [1.54, 1.807) is 32.3 Å². The Kier molecular flexibility index (Phi) is 7.17. The van der Waals surface area contributed by atoms with E-state index in [1.807, 2.05) is 0 Å². The van der Waals surface area contributed by atoms with Gasteiger partial charge in [-0.1, -0.05) is 11.6 Å². The second-order valence-corrected chi connectivity index (χ2v) is 7.58. The van der Waals surface area contributed by atoms with Crippen LogP contribution in [0, 0.1) is 0 Å². The first-order valence-corrected chi connectivity index (χ1v) is 10.0. The number of hydrogen-bond donors (Lipinski definition) is 2. The number of rotatable bonds is 8. The first-order valence-electron chi connectivity index (χ1n) is 9.64. The Hall–Kier alpha value is -3.66. The van der Waals surface area contributed by atoms with Gasteiger partial charge in [0, 0.05) is 36.3 Å². The van der Waals surface area contributed by atoms with Crippen LogP contribution in [0.25, 0.3) is 11.3 Å². The number of hydrogen-bond acceptors (Lipinski definition) is 5. The standard InChI is InChI=1S/C22H21ClF2N4O4/c1-29(2)20(30)12-33-15-7-4-13(5-8-15)22(24,25)21(31)26-19-11-17(27-28-19)16-10-14(23)6-9-18(16)32-3/h4-11H,12H2,1-3H3,(H2,26,27,28,31). The summed E-state index contributed by atoms with van der Waals surface area (Å²) < 4.78 is 39.9. The first-order chi connectivity index (χ1) is 15.6. The molecule has 0 saturated carbocycles. The maximum atomic E-state index is 14.7. The minimum absolute atomic E-state index is 0.0983. The highest BCUT2D eigenvalue weighted by Crippen LogP contribution is 2.34. The zero-order valence-corrected chi connectivity index (χ0v) is 18.7. The fraction of sp³-hybridized carbons (Fsp3) is 0.227. The molecule has 0 bridgehead atoms. The molecule has 1 heterocycles. The van der Waals surface area contributed by atoms with Crippen molar-refractivity contribution in [2.24, 2.45) is 0 Å². The average molecular weight is 479 g/mol. The molecule has 0 aliphatic rings. The Labute approximate surface area is 193 Å². The van der Waals surface area contributed by atoms with Crippen LogP contribution in [-0.2, 0) is 15.5 Å². The molecular formula is C22H21ClF2N4O4. The maximum Gasteiger partial charge on any atom is 0.350 e. The third kappa shape index (κ3) is 5.58. The van der Waals surface area contributed by atoms with E-state index in [2.05, 4.69) is 15.5 Å². The van der Waals surface area contributed by atoms with Crippen molar-refractivity contribution in [2.75, 3.05) is 33.1 Å². The average Bonchev–Trinajstić information content (AvgIpc) is 3.25. The second-order valence-electron chi connectivity index (χ2n) is 7.14. The van der Waals surface area contributed by atoms with Crippen molar-refractivity contribution in [3.05, 3.63) is 59.1 Å². The number of halogens is 3. The van der Waals surface area contributed by atoms with E-state index in [1.165, 1.54) is 30.2 Å². The van der Waals surface area contributed by atoms with Crippen molar-refractivity contribution < 1.29 is 27.8 Å². The molecule has 0 saturated heterocycles. The van der Waals surface area contributed by atoms with Gasteiger partial charge in [0.1, 0.15) is 11.5 Å². The van der Waals surface area contributed by atoms with Crippen molar-refractivity contribution in [2.45, 2.75) is 5.92 Å². The van der Waals surface area contributed by atoms with Gasteiger partial charge in [-0.15, -0.1) is 0 Å². The largest absolute Gasteiger partial charge is 0.496 e. The molecule has 8 nitrogen and oxygen atoms in total. The Morgan fingerprint density at radius 2 is 1.85 bits per heavy atom. The summed E-state index contributed by atoms with van der Waals surface area (Å²) in [5.41, 5.74) is 0.424. The number of nitrogens with zero attached hydrogens (tertiary/aromatic N) is 2. The number of aromatic nitrogens is 2. The van der Waals surface area contributed by atoms with Crippen LogP contribution in [0.4, 0.5) is 14.6 Å². The monoisotopic (exact) mass is 478 g/mol. The second kappa shape index (κ2) is 9.86. The van der Waals surface area contributed by atoms with Crippen molar-refractivity contribution in [1.29, 1.82) is 0 Å². The van der Waals surface area contributed by atoms with Gasteiger partial charge in [-0.3, -0.25) is 14.7 Å². The topological polar surface area (TPSA) is 96.5 Å². The molecule has 2 N–H and O–H groups in total. The molecule has 174 valence electrons. The number of alkyl halides is 2. The number of H-pyrrole nitrogens is 1. The van der Waals surface area contributed by atoms with E-state index in [9.17, 15) is 18.4 Å². The first kappa shape index (κ1) is 24.0. The van der Waals surface area contributed by atoms with Gasteiger partial charge in [0.2, 0.25) is 0 Å². The number of anilines is 1. The Morgan fingerprint density at radius 3 is 2.48 bits per heavy atom. The number of carbonyl (C=O) groups excluding carboxylic acids is 2. The number of ether oxygens (including phenoxy) is 2. The van der Waals surface area contributed by atoms with E-state index in [0.717, 1.165) is 12.1 Å². The molecule has 0 unspecified atom stereocenters. The molecule has 2 aromatic carbocycles. The van der Waals surface area contributed by atoms with Crippen LogP contribution >= 0.6 is 11.6 Å². The van der Waals surface area contributed by atoms with Gasteiger partial charge in [0.15, 0.2) is 12.4 Å². The summed E-state index contributed by atoms with van der Waals surface area (Å²) in [5, 5.41) is 9.08. The fourth-order valence-electron chi connectivity index (χ4n) is 2.77.